The van der Waals surface area contributed by atoms with E-state index in [4.69, 9.17) is 0 Å². The highest BCUT2D eigenvalue weighted by molar-refractivity contribution is 14.1. The van der Waals surface area contributed by atoms with Crippen molar-refractivity contribution in [2.75, 3.05) is 0 Å². The molecule has 0 bridgehead atoms. The number of nitro benzene ring substituents is 1. The molecule has 15 heavy (non-hydrogen) atoms. The lowest BCUT2D eigenvalue weighted by Gasteiger charge is -2.20. The van der Waals surface area contributed by atoms with Gasteiger partial charge >= 0.3 is 5.69 Å². The van der Waals surface area contributed by atoms with E-state index < -0.39 is 4.92 Å². The third kappa shape index (κ3) is 2.58. The summed E-state index contributed by atoms with van der Waals surface area (Å²) in [7, 11) is 0. The second kappa shape index (κ2) is 3.96. The smallest absolute Gasteiger partial charge is 0.312 e. The molecule has 0 saturated carbocycles. The maximum Gasteiger partial charge on any atom is 0.312 e. The molecule has 0 unspecified atom stereocenters. The molecule has 0 amide bonds. The Bertz CT molecular complexity index is 410. The van der Waals surface area contributed by atoms with Gasteiger partial charge in [-0.3, -0.25) is 10.1 Å². The molecule has 82 valence electrons. The van der Waals surface area contributed by atoms with Gasteiger partial charge in [0.15, 0.2) is 5.75 Å². The van der Waals surface area contributed by atoms with Gasteiger partial charge in [0.2, 0.25) is 0 Å². The molecule has 1 rings (SSSR count). The molecule has 5 heteroatoms. The molecule has 0 saturated heterocycles. The van der Waals surface area contributed by atoms with Crippen LogP contribution in [0.15, 0.2) is 12.1 Å². The molecule has 0 aliphatic heterocycles. The molecule has 0 radical (unpaired) electrons. The van der Waals surface area contributed by atoms with E-state index in [1.807, 2.05) is 43.4 Å². The maximum atomic E-state index is 10.7. The minimum Gasteiger partial charge on any atom is -0.502 e. The number of hydrogen-bond acceptors (Lipinski definition) is 3. The molecule has 0 spiro atoms. The highest BCUT2D eigenvalue weighted by Crippen LogP contribution is 2.38. The van der Waals surface area contributed by atoms with Gasteiger partial charge in [0.25, 0.3) is 0 Å². The molecule has 1 N–H and O–H groups in total. The fourth-order valence-electron chi connectivity index (χ4n) is 1.30. The van der Waals surface area contributed by atoms with Crippen LogP contribution >= 0.6 is 22.6 Å². The summed E-state index contributed by atoms with van der Waals surface area (Å²) in [6.45, 7) is 5.71. The van der Waals surface area contributed by atoms with Crippen molar-refractivity contribution in [3.8, 4) is 5.75 Å². The third-order valence-corrected chi connectivity index (χ3v) is 2.68. The van der Waals surface area contributed by atoms with Crippen LogP contribution in [0, 0.1) is 13.7 Å². The van der Waals surface area contributed by atoms with Crippen LogP contribution < -0.4 is 0 Å². The second-order valence-electron chi connectivity index (χ2n) is 4.33. The first-order chi connectivity index (χ1) is 6.73. The van der Waals surface area contributed by atoms with Gasteiger partial charge in [-0.2, -0.15) is 0 Å². The lowest BCUT2D eigenvalue weighted by molar-refractivity contribution is -0.386. The van der Waals surface area contributed by atoms with Gasteiger partial charge in [0.1, 0.15) is 0 Å². The van der Waals surface area contributed by atoms with Crippen LogP contribution in [0.1, 0.15) is 26.3 Å². The van der Waals surface area contributed by atoms with Gasteiger partial charge in [-0.1, -0.05) is 20.8 Å². The van der Waals surface area contributed by atoms with E-state index in [0.29, 0.717) is 5.56 Å². The Balaban J connectivity index is 3.49. The fraction of sp³-hybridized carbons (Fsp3) is 0.400. The lowest BCUT2D eigenvalue weighted by atomic mass is 9.86. The highest BCUT2D eigenvalue weighted by atomic mass is 127. The predicted molar refractivity (Wildman–Crippen MR) is 66.2 cm³/mol. The Hall–Kier alpha value is -0.850. The standard InChI is InChI=1S/C10H12INO3/c1-10(2,3)7-4-6(11)5-8(9(7)13)12(14)15/h4-5,13H,1-3H3. The van der Waals surface area contributed by atoms with Crippen LogP contribution in [0.3, 0.4) is 0 Å². The molecule has 1 aromatic carbocycles. The van der Waals surface area contributed by atoms with E-state index >= 15 is 0 Å². The molecule has 1 aromatic rings. The first kappa shape index (κ1) is 12.2. The molecular formula is C10H12INO3. The minimum atomic E-state index is -0.563. The fourth-order valence-corrected chi connectivity index (χ4v) is 1.90. The van der Waals surface area contributed by atoms with Crippen LogP contribution in [0.2, 0.25) is 0 Å². The van der Waals surface area contributed by atoms with Gasteiger partial charge in [0.05, 0.1) is 4.92 Å². The molecule has 0 aliphatic rings. The summed E-state index contributed by atoms with van der Waals surface area (Å²) in [5.74, 6) is -0.229. The molecule has 0 aliphatic carbocycles. The minimum absolute atomic E-state index is 0.229. The summed E-state index contributed by atoms with van der Waals surface area (Å²) >= 11 is 2.01. The van der Waals surface area contributed by atoms with E-state index in [1.165, 1.54) is 6.07 Å². The van der Waals surface area contributed by atoms with Crippen molar-refractivity contribution < 1.29 is 10.0 Å². The maximum absolute atomic E-state index is 10.7. The first-order valence-electron chi connectivity index (χ1n) is 4.41. The van der Waals surface area contributed by atoms with Crippen LogP contribution in [0.25, 0.3) is 0 Å². The molecule has 0 aromatic heterocycles. The largest absolute Gasteiger partial charge is 0.502 e. The summed E-state index contributed by atoms with van der Waals surface area (Å²) < 4.78 is 0.752. The SMILES string of the molecule is CC(C)(C)c1cc(I)cc([N+](=O)[O-])c1O. The summed E-state index contributed by atoms with van der Waals surface area (Å²) in [5, 5.41) is 20.5. The van der Waals surface area contributed by atoms with Gasteiger partial charge in [-0.25, -0.2) is 0 Å². The molecule has 0 atom stereocenters. The molecular weight excluding hydrogens is 309 g/mol. The zero-order valence-corrected chi connectivity index (χ0v) is 10.9. The van der Waals surface area contributed by atoms with E-state index in [2.05, 4.69) is 0 Å². The van der Waals surface area contributed by atoms with Crippen LogP contribution in [-0.2, 0) is 5.41 Å². The number of aromatic hydroxyl groups is 1. The Morgan fingerprint density at radius 2 is 1.93 bits per heavy atom. The Morgan fingerprint density at radius 1 is 1.40 bits per heavy atom. The van der Waals surface area contributed by atoms with Crippen molar-refractivity contribution in [1.82, 2.24) is 0 Å². The van der Waals surface area contributed by atoms with E-state index in [-0.39, 0.29) is 16.9 Å². The lowest BCUT2D eigenvalue weighted by Crippen LogP contribution is -2.12. The molecule has 4 nitrogen and oxygen atoms in total. The zero-order valence-electron chi connectivity index (χ0n) is 8.74. The third-order valence-electron chi connectivity index (χ3n) is 2.06. The Labute approximate surface area is 102 Å². The van der Waals surface area contributed by atoms with E-state index in [9.17, 15) is 15.2 Å². The topological polar surface area (TPSA) is 63.4 Å². The number of halogens is 1. The summed E-state index contributed by atoms with van der Waals surface area (Å²) in [5.41, 5.74) is 0.0590. The van der Waals surface area contributed by atoms with Crippen molar-refractivity contribution >= 4 is 28.3 Å². The summed E-state index contributed by atoms with van der Waals surface area (Å²) in [6, 6.07) is 3.13. The predicted octanol–water partition coefficient (Wildman–Crippen LogP) is 3.20. The number of benzene rings is 1. The van der Waals surface area contributed by atoms with Crippen molar-refractivity contribution in [3.05, 3.63) is 31.4 Å². The second-order valence-corrected chi connectivity index (χ2v) is 5.57. The number of phenolic OH excluding ortho intramolecular Hbond substituents is 1. The van der Waals surface area contributed by atoms with Crippen molar-refractivity contribution in [1.29, 1.82) is 0 Å². The van der Waals surface area contributed by atoms with E-state index in [1.54, 1.807) is 6.07 Å². The van der Waals surface area contributed by atoms with Crippen LogP contribution in [0.4, 0.5) is 5.69 Å². The quantitative estimate of drug-likeness (QED) is 0.491. The van der Waals surface area contributed by atoms with Crippen molar-refractivity contribution in [3.63, 3.8) is 0 Å². The van der Waals surface area contributed by atoms with Crippen LogP contribution in [0.5, 0.6) is 5.75 Å². The number of rotatable bonds is 1. The van der Waals surface area contributed by atoms with Crippen molar-refractivity contribution in [2.24, 2.45) is 0 Å². The Morgan fingerprint density at radius 3 is 2.33 bits per heavy atom. The average molecular weight is 321 g/mol. The van der Waals surface area contributed by atoms with E-state index in [0.717, 1.165) is 3.57 Å². The first-order valence-corrected chi connectivity index (χ1v) is 5.48. The van der Waals surface area contributed by atoms with Gasteiger partial charge < -0.3 is 5.11 Å². The zero-order chi connectivity index (χ0) is 11.8. The molecule has 0 heterocycles. The molecule has 0 fully saturated rings. The highest BCUT2D eigenvalue weighted by Gasteiger charge is 2.25. The van der Waals surface area contributed by atoms with Gasteiger partial charge in [0, 0.05) is 15.2 Å². The van der Waals surface area contributed by atoms with Crippen LogP contribution in [-0.4, -0.2) is 10.0 Å². The number of hydrogen-bond donors (Lipinski definition) is 1. The van der Waals surface area contributed by atoms with Gasteiger partial charge in [-0.15, -0.1) is 0 Å². The monoisotopic (exact) mass is 321 g/mol. The normalized spacial score (nSPS) is 11.5. The number of nitro groups is 1. The Kier molecular flexibility index (Phi) is 3.22. The van der Waals surface area contributed by atoms with Crippen molar-refractivity contribution in [2.45, 2.75) is 26.2 Å². The summed E-state index contributed by atoms with van der Waals surface area (Å²) in [4.78, 5) is 10.1. The van der Waals surface area contributed by atoms with Gasteiger partial charge in [-0.05, 0) is 34.1 Å². The number of nitrogens with zero attached hydrogens (tertiary/aromatic N) is 1. The number of phenols is 1. The average Bonchev–Trinajstić information content (AvgIpc) is 2.06. The summed E-state index contributed by atoms with van der Waals surface area (Å²) in [6.07, 6.45) is 0.